The van der Waals surface area contributed by atoms with Gasteiger partial charge in [0, 0.05) is 29.6 Å². The molecule has 2 unspecified atom stereocenters. The summed E-state index contributed by atoms with van der Waals surface area (Å²) in [7, 11) is 0. The molecule has 136 valence electrons. The first kappa shape index (κ1) is 17.6. The van der Waals surface area contributed by atoms with Crippen LogP contribution in [0.5, 0.6) is 0 Å². The third-order valence-electron chi connectivity index (χ3n) is 6.45. The minimum Gasteiger partial charge on any atom is -0.359 e. The van der Waals surface area contributed by atoms with E-state index in [0.29, 0.717) is 6.04 Å². The maximum atomic E-state index is 5.95. The molecule has 1 saturated carbocycles. The summed E-state index contributed by atoms with van der Waals surface area (Å²) in [5, 5.41) is 8.39. The lowest BCUT2D eigenvalue weighted by atomic mass is 9.80. The van der Waals surface area contributed by atoms with Gasteiger partial charge in [0.25, 0.3) is 0 Å². The number of halogens is 1. The van der Waals surface area contributed by atoms with Crippen LogP contribution in [-0.2, 0) is 0 Å². The number of fused-ring (bicyclic) bond motifs is 2. The minimum atomic E-state index is 0.521. The molecule has 2 bridgehead atoms. The maximum absolute atomic E-state index is 5.95. The van der Waals surface area contributed by atoms with Crippen molar-refractivity contribution in [2.75, 3.05) is 5.32 Å². The Morgan fingerprint density at radius 1 is 0.920 bits per heavy atom. The molecule has 1 aromatic carbocycles. The van der Waals surface area contributed by atoms with Gasteiger partial charge in [0.05, 0.1) is 18.1 Å². The van der Waals surface area contributed by atoms with Crippen LogP contribution in [0.25, 0.3) is 0 Å². The van der Waals surface area contributed by atoms with Crippen LogP contribution >= 0.6 is 23.8 Å². The number of hydrogen-bond acceptors (Lipinski definition) is 1. The average Bonchev–Trinajstić information content (AvgIpc) is 3.10. The SMILES string of the molecule is S=C(Nc1ccc(Cl)cc1)NC1C[C@H]2CCC[C@@H](C1)[NH+]2C1CCCC1. The molecule has 0 aromatic heterocycles. The molecule has 2 aliphatic heterocycles. The van der Waals surface area contributed by atoms with Crippen LogP contribution in [0.1, 0.15) is 57.8 Å². The number of nitrogens with one attached hydrogen (secondary N) is 3. The predicted molar refractivity (Wildman–Crippen MR) is 108 cm³/mol. The van der Waals surface area contributed by atoms with Crippen LogP contribution in [-0.4, -0.2) is 29.3 Å². The van der Waals surface area contributed by atoms with Crippen molar-refractivity contribution in [2.24, 2.45) is 0 Å². The minimum absolute atomic E-state index is 0.521. The van der Waals surface area contributed by atoms with E-state index in [4.69, 9.17) is 23.8 Å². The highest BCUT2D eigenvalue weighted by molar-refractivity contribution is 7.80. The zero-order valence-electron chi connectivity index (χ0n) is 14.8. The molecule has 0 amide bonds. The monoisotopic (exact) mass is 378 g/mol. The first-order valence-corrected chi connectivity index (χ1v) is 10.7. The second-order valence-electron chi connectivity index (χ2n) is 8.08. The van der Waals surface area contributed by atoms with E-state index < -0.39 is 0 Å². The first-order valence-electron chi connectivity index (χ1n) is 9.89. The molecule has 4 rings (SSSR count). The topological polar surface area (TPSA) is 28.5 Å². The van der Waals surface area contributed by atoms with Crippen molar-refractivity contribution < 1.29 is 4.90 Å². The molecular weight excluding hydrogens is 350 g/mol. The third kappa shape index (κ3) is 4.12. The van der Waals surface area contributed by atoms with E-state index in [1.807, 2.05) is 29.2 Å². The van der Waals surface area contributed by atoms with Gasteiger partial charge in [-0.1, -0.05) is 11.6 Å². The molecule has 1 aromatic rings. The van der Waals surface area contributed by atoms with Gasteiger partial charge < -0.3 is 15.5 Å². The Hall–Kier alpha value is -0.840. The van der Waals surface area contributed by atoms with Gasteiger partial charge in [-0.3, -0.25) is 0 Å². The van der Waals surface area contributed by atoms with E-state index in [1.165, 1.54) is 57.8 Å². The fourth-order valence-electron chi connectivity index (χ4n) is 5.50. The number of hydrogen-bond donors (Lipinski definition) is 3. The number of thiocarbonyl (C=S) groups is 1. The number of rotatable bonds is 3. The van der Waals surface area contributed by atoms with Crippen LogP contribution in [0.3, 0.4) is 0 Å². The Bertz CT molecular complexity index is 585. The molecule has 3 nitrogen and oxygen atoms in total. The van der Waals surface area contributed by atoms with Gasteiger partial charge in [0.2, 0.25) is 0 Å². The van der Waals surface area contributed by atoms with E-state index in [9.17, 15) is 0 Å². The summed E-state index contributed by atoms with van der Waals surface area (Å²) in [5.74, 6) is 0. The summed E-state index contributed by atoms with van der Waals surface area (Å²) in [5.41, 5.74) is 0.996. The highest BCUT2D eigenvalue weighted by Crippen LogP contribution is 2.26. The Morgan fingerprint density at radius 2 is 1.52 bits per heavy atom. The van der Waals surface area contributed by atoms with Gasteiger partial charge >= 0.3 is 0 Å². The summed E-state index contributed by atoms with van der Waals surface area (Å²) in [6.07, 6.45) is 12.6. The first-order chi connectivity index (χ1) is 12.2. The Balaban J connectivity index is 1.34. The van der Waals surface area contributed by atoms with Crippen molar-refractivity contribution in [1.82, 2.24) is 5.32 Å². The normalized spacial score (nSPS) is 32.4. The molecule has 2 heterocycles. The maximum Gasteiger partial charge on any atom is 0.171 e. The summed E-state index contributed by atoms with van der Waals surface area (Å²) >= 11 is 11.5. The zero-order valence-corrected chi connectivity index (χ0v) is 16.3. The van der Waals surface area contributed by atoms with Gasteiger partial charge in [-0.15, -0.1) is 0 Å². The largest absolute Gasteiger partial charge is 0.359 e. The second-order valence-corrected chi connectivity index (χ2v) is 8.92. The molecule has 3 fully saturated rings. The molecule has 4 atom stereocenters. The predicted octanol–water partition coefficient (Wildman–Crippen LogP) is 3.54. The van der Waals surface area contributed by atoms with Crippen LogP contribution in [0.15, 0.2) is 24.3 Å². The number of piperidine rings is 2. The summed E-state index contributed by atoms with van der Waals surface area (Å²) in [6.45, 7) is 0. The molecule has 0 spiro atoms. The molecule has 25 heavy (non-hydrogen) atoms. The molecule has 5 heteroatoms. The standard InChI is InChI=1S/C20H28ClN3S/c21-14-8-10-15(11-9-14)22-20(25)23-16-12-18-6-3-7-19(13-16)24(18)17-4-1-2-5-17/h8-11,16-19H,1-7,12-13H2,(H2,22,23,25)/p+1/t16?,18-,19+. The lowest BCUT2D eigenvalue weighted by Gasteiger charge is -2.48. The highest BCUT2D eigenvalue weighted by atomic mass is 35.5. The average molecular weight is 379 g/mol. The van der Waals surface area contributed by atoms with Crippen LogP contribution in [0, 0.1) is 0 Å². The van der Waals surface area contributed by atoms with Gasteiger partial charge in [-0.05, 0) is 81.4 Å². The second kappa shape index (κ2) is 7.81. The van der Waals surface area contributed by atoms with E-state index in [0.717, 1.165) is 33.9 Å². The van der Waals surface area contributed by atoms with Gasteiger partial charge in [0.1, 0.15) is 0 Å². The molecule has 1 aliphatic carbocycles. The molecular formula is C20H29ClN3S+. The number of anilines is 1. The summed E-state index contributed by atoms with van der Waals surface area (Å²) in [6, 6.07) is 10.9. The van der Waals surface area contributed by atoms with Crippen LogP contribution in [0.2, 0.25) is 5.02 Å². The summed E-state index contributed by atoms with van der Waals surface area (Å²) < 4.78 is 0. The zero-order chi connectivity index (χ0) is 17.2. The Labute approximate surface area is 161 Å². The van der Waals surface area contributed by atoms with Crippen molar-refractivity contribution in [3.8, 4) is 0 Å². The smallest absolute Gasteiger partial charge is 0.171 e. The summed E-state index contributed by atoms with van der Waals surface area (Å²) in [4.78, 5) is 1.96. The lowest BCUT2D eigenvalue weighted by Crippen LogP contribution is -3.24. The van der Waals surface area contributed by atoms with Gasteiger partial charge in [-0.25, -0.2) is 0 Å². The quantitative estimate of drug-likeness (QED) is 0.702. The molecule has 3 aliphatic rings. The Morgan fingerprint density at radius 3 is 2.16 bits per heavy atom. The van der Waals surface area contributed by atoms with Crippen molar-refractivity contribution in [1.29, 1.82) is 0 Å². The van der Waals surface area contributed by atoms with Gasteiger partial charge in [0.15, 0.2) is 5.11 Å². The number of quaternary nitrogens is 1. The molecule has 2 saturated heterocycles. The number of benzene rings is 1. The lowest BCUT2D eigenvalue weighted by molar-refractivity contribution is -0.982. The van der Waals surface area contributed by atoms with Crippen molar-refractivity contribution in [3.63, 3.8) is 0 Å². The Kier molecular flexibility index (Phi) is 5.49. The molecule has 0 radical (unpaired) electrons. The third-order valence-corrected chi connectivity index (χ3v) is 6.92. The highest BCUT2D eigenvalue weighted by Gasteiger charge is 2.45. The van der Waals surface area contributed by atoms with E-state index >= 15 is 0 Å². The van der Waals surface area contributed by atoms with E-state index in [-0.39, 0.29) is 0 Å². The van der Waals surface area contributed by atoms with Crippen molar-refractivity contribution >= 4 is 34.6 Å². The van der Waals surface area contributed by atoms with Gasteiger partial charge in [-0.2, -0.15) is 0 Å². The fourth-order valence-corrected chi connectivity index (χ4v) is 5.91. The van der Waals surface area contributed by atoms with Crippen molar-refractivity contribution in [2.45, 2.75) is 82.0 Å². The molecule has 3 N–H and O–H groups in total. The van der Waals surface area contributed by atoms with E-state index in [2.05, 4.69) is 10.6 Å². The van der Waals surface area contributed by atoms with Crippen LogP contribution in [0.4, 0.5) is 5.69 Å². The van der Waals surface area contributed by atoms with Crippen LogP contribution < -0.4 is 15.5 Å². The van der Waals surface area contributed by atoms with Crippen molar-refractivity contribution in [3.05, 3.63) is 29.3 Å². The van der Waals surface area contributed by atoms with E-state index in [1.54, 1.807) is 0 Å². The fraction of sp³-hybridized carbons (Fsp3) is 0.650.